The Labute approximate surface area is 42.1 Å². The second kappa shape index (κ2) is 1.45. The number of hydrogen-bond acceptors (Lipinski definition) is 2. The maximum Gasteiger partial charge on any atom is 0.130 e. The van der Waals surface area contributed by atoms with E-state index in [0.29, 0.717) is 12.8 Å². The van der Waals surface area contributed by atoms with Gasteiger partial charge in [0.05, 0.1) is 0 Å². The molecule has 2 heteroatoms. The minimum Gasteiger partial charge on any atom is -0.509 e. The van der Waals surface area contributed by atoms with Crippen molar-refractivity contribution in [3.63, 3.8) is 0 Å². The van der Waals surface area contributed by atoms with Gasteiger partial charge in [0.2, 0.25) is 0 Å². The monoisotopic (exact) mass is 100 g/mol. The summed E-state index contributed by atoms with van der Waals surface area (Å²) in [6.45, 7) is 0. The highest BCUT2D eigenvalue weighted by Crippen LogP contribution is 2.20. The molecule has 2 N–H and O–H groups in total. The lowest BCUT2D eigenvalue weighted by Gasteiger charge is -1.86. The zero-order chi connectivity index (χ0) is 5.28. The first-order valence-electron chi connectivity index (χ1n) is 2.40. The summed E-state index contributed by atoms with van der Waals surface area (Å²) >= 11 is 0. The lowest BCUT2D eigenvalue weighted by Crippen LogP contribution is -1.76. The van der Waals surface area contributed by atoms with Crippen LogP contribution in [0.5, 0.6) is 0 Å². The van der Waals surface area contributed by atoms with Crippen molar-refractivity contribution < 1.29 is 10.2 Å². The van der Waals surface area contributed by atoms with Gasteiger partial charge in [0.15, 0.2) is 0 Å². The number of aliphatic hydroxyl groups excluding tert-OH is 2. The van der Waals surface area contributed by atoms with Crippen LogP contribution in [-0.4, -0.2) is 10.2 Å². The van der Waals surface area contributed by atoms with Crippen LogP contribution >= 0.6 is 0 Å². The quantitative estimate of drug-likeness (QED) is 0.484. The smallest absolute Gasteiger partial charge is 0.130 e. The maximum atomic E-state index is 8.63. The minimum absolute atomic E-state index is 0.181. The predicted octanol–water partition coefficient (Wildman–Crippen LogP) is 1.50. The molecule has 1 aliphatic rings. The Morgan fingerprint density at radius 1 is 1.00 bits per heavy atom. The zero-order valence-corrected chi connectivity index (χ0v) is 4.02. The fourth-order valence-electron chi connectivity index (χ4n) is 0.712. The Balaban J connectivity index is 2.64. The second-order valence-electron chi connectivity index (χ2n) is 1.75. The molecule has 0 saturated heterocycles. The van der Waals surface area contributed by atoms with E-state index in [1.807, 2.05) is 0 Å². The normalized spacial score (nSPS) is 21.1. The first-order chi connectivity index (χ1) is 3.30. The molecule has 0 fully saturated rings. The summed E-state index contributed by atoms with van der Waals surface area (Å²) < 4.78 is 0. The fourth-order valence-corrected chi connectivity index (χ4v) is 0.712. The number of hydrogen-bond donors (Lipinski definition) is 2. The summed E-state index contributed by atoms with van der Waals surface area (Å²) in [5.74, 6) is 0.361. The van der Waals surface area contributed by atoms with Crippen molar-refractivity contribution in [2.45, 2.75) is 19.3 Å². The van der Waals surface area contributed by atoms with Crippen LogP contribution in [-0.2, 0) is 0 Å². The van der Waals surface area contributed by atoms with Crippen molar-refractivity contribution in [2.24, 2.45) is 0 Å². The molecule has 7 heavy (non-hydrogen) atoms. The molecule has 0 unspecified atom stereocenters. The molecule has 0 amide bonds. The molecule has 1 aliphatic carbocycles. The summed E-state index contributed by atoms with van der Waals surface area (Å²) in [5, 5.41) is 17.3. The van der Waals surface area contributed by atoms with Gasteiger partial charge < -0.3 is 10.2 Å². The van der Waals surface area contributed by atoms with Crippen molar-refractivity contribution in [1.29, 1.82) is 0 Å². The molecule has 2 nitrogen and oxygen atoms in total. The van der Waals surface area contributed by atoms with Gasteiger partial charge in [-0.2, -0.15) is 0 Å². The highest BCUT2D eigenvalue weighted by molar-refractivity contribution is 5.04. The molecule has 1 rings (SSSR count). The van der Waals surface area contributed by atoms with Crippen molar-refractivity contribution in [3.8, 4) is 0 Å². The van der Waals surface area contributed by atoms with E-state index < -0.39 is 0 Å². The Hall–Kier alpha value is -0.660. The van der Waals surface area contributed by atoms with Crippen LogP contribution in [0.2, 0.25) is 0 Å². The van der Waals surface area contributed by atoms with Crippen LogP contribution in [0.4, 0.5) is 0 Å². The van der Waals surface area contributed by atoms with Gasteiger partial charge in [-0.05, 0) is 6.42 Å². The Bertz CT molecular complexity index is 92.6. The van der Waals surface area contributed by atoms with Gasteiger partial charge in [0.1, 0.15) is 11.5 Å². The lowest BCUT2D eigenvalue weighted by molar-refractivity contribution is 0.328. The number of aliphatic hydroxyl groups is 2. The van der Waals surface area contributed by atoms with Gasteiger partial charge in [-0.25, -0.2) is 0 Å². The lowest BCUT2D eigenvalue weighted by atomic mass is 10.4. The molecule has 0 atom stereocenters. The number of allylic oxidation sites excluding steroid dienone is 2. The largest absolute Gasteiger partial charge is 0.509 e. The summed E-state index contributed by atoms with van der Waals surface area (Å²) in [5.41, 5.74) is 0. The molecular weight excluding hydrogens is 92.1 g/mol. The van der Waals surface area contributed by atoms with Gasteiger partial charge in [-0.15, -0.1) is 0 Å². The molecule has 0 spiro atoms. The molecule has 0 heterocycles. The first kappa shape index (κ1) is 4.50. The molecule has 0 aromatic carbocycles. The maximum absolute atomic E-state index is 8.63. The third kappa shape index (κ3) is 0.683. The van der Waals surface area contributed by atoms with E-state index in [2.05, 4.69) is 0 Å². The third-order valence-corrected chi connectivity index (χ3v) is 1.16. The highest BCUT2D eigenvalue weighted by Gasteiger charge is 2.10. The standard InChI is InChI=1S/C5H8O2/c6-4-2-1-3-5(4)7/h6-7H,1-3H2. The van der Waals surface area contributed by atoms with E-state index in [4.69, 9.17) is 10.2 Å². The fraction of sp³-hybridized carbons (Fsp3) is 0.600. The van der Waals surface area contributed by atoms with Crippen LogP contribution in [0.1, 0.15) is 19.3 Å². The summed E-state index contributed by atoms with van der Waals surface area (Å²) in [6.07, 6.45) is 2.22. The van der Waals surface area contributed by atoms with Crippen molar-refractivity contribution in [1.82, 2.24) is 0 Å². The van der Waals surface area contributed by atoms with Crippen LogP contribution in [0.3, 0.4) is 0 Å². The van der Waals surface area contributed by atoms with Crippen molar-refractivity contribution in [2.75, 3.05) is 0 Å². The molecule has 0 aliphatic heterocycles. The van der Waals surface area contributed by atoms with Gasteiger partial charge in [-0.1, -0.05) is 0 Å². The molecular formula is C5H8O2. The van der Waals surface area contributed by atoms with E-state index in [1.165, 1.54) is 0 Å². The Morgan fingerprint density at radius 2 is 1.43 bits per heavy atom. The molecule has 40 valence electrons. The van der Waals surface area contributed by atoms with E-state index in [-0.39, 0.29) is 11.5 Å². The van der Waals surface area contributed by atoms with E-state index in [1.54, 1.807) is 0 Å². The molecule has 0 aromatic heterocycles. The van der Waals surface area contributed by atoms with E-state index >= 15 is 0 Å². The van der Waals surface area contributed by atoms with Gasteiger partial charge >= 0.3 is 0 Å². The molecule has 0 bridgehead atoms. The molecule has 0 radical (unpaired) electrons. The summed E-state index contributed by atoms with van der Waals surface area (Å²) in [4.78, 5) is 0. The van der Waals surface area contributed by atoms with E-state index in [9.17, 15) is 0 Å². The van der Waals surface area contributed by atoms with Gasteiger partial charge in [-0.3, -0.25) is 0 Å². The van der Waals surface area contributed by atoms with Crippen LogP contribution in [0, 0.1) is 0 Å². The van der Waals surface area contributed by atoms with Crippen LogP contribution in [0.15, 0.2) is 11.5 Å². The summed E-state index contributed by atoms with van der Waals surface area (Å²) in [7, 11) is 0. The Morgan fingerprint density at radius 3 is 1.57 bits per heavy atom. The summed E-state index contributed by atoms with van der Waals surface area (Å²) in [6, 6.07) is 0. The zero-order valence-electron chi connectivity index (χ0n) is 4.02. The van der Waals surface area contributed by atoms with Crippen molar-refractivity contribution >= 4 is 0 Å². The molecule has 0 aromatic rings. The van der Waals surface area contributed by atoms with E-state index in [0.717, 1.165) is 6.42 Å². The van der Waals surface area contributed by atoms with Gasteiger partial charge in [0.25, 0.3) is 0 Å². The number of rotatable bonds is 0. The van der Waals surface area contributed by atoms with Gasteiger partial charge in [0, 0.05) is 12.8 Å². The predicted molar refractivity (Wildman–Crippen MR) is 26.1 cm³/mol. The average Bonchev–Trinajstić information content (AvgIpc) is 1.91. The third-order valence-electron chi connectivity index (χ3n) is 1.16. The van der Waals surface area contributed by atoms with Crippen molar-refractivity contribution in [3.05, 3.63) is 11.5 Å². The average molecular weight is 100 g/mol. The van der Waals surface area contributed by atoms with Crippen LogP contribution in [0.25, 0.3) is 0 Å². The molecule has 0 saturated carbocycles. The first-order valence-corrected chi connectivity index (χ1v) is 2.40. The van der Waals surface area contributed by atoms with Crippen LogP contribution < -0.4 is 0 Å². The second-order valence-corrected chi connectivity index (χ2v) is 1.75. The minimum atomic E-state index is 0.181. The SMILES string of the molecule is OC1=C(O)CCC1. The Kier molecular flexibility index (Phi) is 0.929. The topological polar surface area (TPSA) is 40.5 Å². The highest BCUT2D eigenvalue weighted by atomic mass is 16.3.